The molecule has 1 aromatic carbocycles. The summed E-state index contributed by atoms with van der Waals surface area (Å²) in [5, 5.41) is 3.90. The van der Waals surface area contributed by atoms with Crippen LogP contribution >= 0.6 is 23.2 Å². The normalized spacial score (nSPS) is 12.0. The number of rotatable bonds is 5. The van der Waals surface area contributed by atoms with E-state index in [-0.39, 0.29) is 5.97 Å². The van der Waals surface area contributed by atoms with Crippen molar-refractivity contribution in [1.82, 2.24) is 0 Å². The average Bonchev–Trinajstić information content (AvgIpc) is 2.31. The Morgan fingerprint density at radius 2 is 2.12 bits per heavy atom. The second kappa shape index (κ2) is 6.72. The van der Waals surface area contributed by atoms with Crippen LogP contribution in [0.2, 0.25) is 10.0 Å². The Morgan fingerprint density at radius 3 is 2.71 bits per heavy atom. The highest BCUT2D eigenvalue weighted by Crippen LogP contribution is 2.30. The van der Waals surface area contributed by atoms with Gasteiger partial charge in [-0.3, -0.25) is 0 Å². The standard InChI is InChI=1S/C12H15Cl2NO2/c1-3-9(12(16)17-4-2)15-10-7-5-6-8(13)11(10)14/h5-7,9,15H,3-4H2,1-2H3. The highest BCUT2D eigenvalue weighted by Gasteiger charge is 2.18. The predicted molar refractivity (Wildman–Crippen MR) is 70.8 cm³/mol. The van der Waals surface area contributed by atoms with Gasteiger partial charge in [-0.2, -0.15) is 0 Å². The molecule has 0 heterocycles. The van der Waals surface area contributed by atoms with E-state index in [1.54, 1.807) is 25.1 Å². The van der Waals surface area contributed by atoms with Crippen molar-refractivity contribution in [2.45, 2.75) is 26.3 Å². The molecule has 0 saturated carbocycles. The summed E-state index contributed by atoms with van der Waals surface area (Å²) in [6.45, 7) is 4.03. The van der Waals surface area contributed by atoms with Gasteiger partial charge in [-0.25, -0.2) is 4.79 Å². The second-order valence-corrected chi connectivity index (χ2v) is 4.24. The van der Waals surface area contributed by atoms with E-state index in [2.05, 4.69) is 5.32 Å². The van der Waals surface area contributed by atoms with Crippen molar-refractivity contribution in [2.24, 2.45) is 0 Å². The number of hydrogen-bond donors (Lipinski definition) is 1. The molecule has 1 unspecified atom stereocenters. The summed E-state index contributed by atoms with van der Waals surface area (Å²) in [5.41, 5.74) is 0.638. The molecule has 0 saturated heterocycles. The van der Waals surface area contributed by atoms with Crippen LogP contribution in [0.5, 0.6) is 0 Å². The number of carbonyl (C=O) groups excluding carboxylic acids is 1. The molecule has 0 radical (unpaired) electrons. The molecule has 0 bridgehead atoms. The number of ether oxygens (including phenoxy) is 1. The third-order valence-corrected chi connectivity index (χ3v) is 3.08. The fourth-order valence-corrected chi connectivity index (χ4v) is 1.73. The zero-order valence-electron chi connectivity index (χ0n) is 9.80. The van der Waals surface area contributed by atoms with E-state index < -0.39 is 6.04 Å². The van der Waals surface area contributed by atoms with Crippen molar-refractivity contribution in [2.75, 3.05) is 11.9 Å². The summed E-state index contributed by atoms with van der Waals surface area (Å²) in [4.78, 5) is 11.6. The van der Waals surface area contributed by atoms with E-state index in [4.69, 9.17) is 27.9 Å². The van der Waals surface area contributed by atoms with E-state index in [9.17, 15) is 4.79 Å². The molecule has 0 fully saturated rings. The number of hydrogen-bond acceptors (Lipinski definition) is 3. The minimum absolute atomic E-state index is 0.286. The zero-order chi connectivity index (χ0) is 12.8. The summed E-state index contributed by atoms with van der Waals surface area (Å²) in [5.74, 6) is -0.286. The molecular formula is C12H15Cl2NO2. The van der Waals surface area contributed by atoms with Gasteiger partial charge in [-0.15, -0.1) is 0 Å². The molecule has 0 amide bonds. The SMILES string of the molecule is CCOC(=O)C(CC)Nc1cccc(Cl)c1Cl. The van der Waals surface area contributed by atoms with Crippen molar-refractivity contribution in [3.63, 3.8) is 0 Å². The summed E-state index contributed by atoms with van der Waals surface area (Å²) < 4.78 is 4.96. The second-order valence-electron chi connectivity index (χ2n) is 3.46. The summed E-state index contributed by atoms with van der Waals surface area (Å²) >= 11 is 11.9. The van der Waals surface area contributed by atoms with E-state index in [0.717, 1.165) is 0 Å². The lowest BCUT2D eigenvalue weighted by Gasteiger charge is -2.17. The molecule has 1 atom stereocenters. The van der Waals surface area contributed by atoms with Gasteiger partial charge in [0.1, 0.15) is 6.04 Å². The van der Waals surface area contributed by atoms with Gasteiger partial charge in [0, 0.05) is 0 Å². The molecule has 0 aliphatic heterocycles. The quantitative estimate of drug-likeness (QED) is 0.832. The van der Waals surface area contributed by atoms with E-state index >= 15 is 0 Å². The van der Waals surface area contributed by atoms with Crippen LogP contribution in [0.25, 0.3) is 0 Å². The lowest BCUT2D eigenvalue weighted by atomic mass is 10.2. The summed E-state index contributed by atoms with van der Waals surface area (Å²) in [6.07, 6.45) is 0.613. The molecule has 1 rings (SSSR count). The average molecular weight is 276 g/mol. The highest BCUT2D eigenvalue weighted by atomic mass is 35.5. The van der Waals surface area contributed by atoms with Crippen molar-refractivity contribution < 1.29 is 9.53 Å². The molecule has 0 aromatic heterocycles. The van der Waals surface area contributed by atoms with E-state index in [1.165, 1.54) is 0 Å². The highest BCUT2D eigenvalue weighted by molar-refractivity contribution is 6.43. The Morgan fingerprint density at radius 1 is 1.41 bits per heavy atom. The van der Waals surface area contributed by atoms with Gasteiger partial charge in [-0.05, 0) is 25.5 Å². The molecular weight excluding hydrogens is 261 g/mol. The lowest BCUT2D eigenvalue weighted by Crippen LogP contribution is -2.30. The Labute approximate surface area is 111 Å². The fourth-order valence-electron chi connectivity index (χ4n) is 1.37. The maximum atomic E-state index is 11.6. The minimum atomic E-state index is -0.411. The first-order valence-corrected chi connectivity index (χ1v) is 6.22. The van der Waals surface area contributed by atoms with Gasteiger partial charge in [0.15, 0.2) is 0 Å². The van der Waals surface area contributed by atoms with Crippen LogP contribution in [0.4, 0.5) is 5.69 Å². The number of nitrogens with one attached hydrogen (secondary N) is 1. The molecule has 0 aliphatic carbocycles. The van der Waals surface area contributed by atoms with Crippen molar-refractivity contribution in [3.8, 4) is 0 Å². The number of benzene rings is 1. The molecule has 94 valence electrons. The monoisotopic (exact) mass is 275 g/mol. The first-order valence-electron chi connectivity index (χ1n) is 5.47. The number of esters is 1. The van der Waals surface area contributed by atoms with Crippen LogP contribution in [-0.4, -0.2) is 18.6 Å². The number of carbonyl (C=O) groups is 1. The van der Waals surface area contributed by atoms with Crippen molar-refractivity contribution >= 4 is 34.9 Å². The van der Waals surface area contributed by atoms with Gasteiger partial charge in [0.25, 0.3) is 0 Å². The predicted octanol–water partition coefficient (Wildman–Crippen LogP) is 3.75. The van der Waals surface area contributed by atoms with Crippen LogP contribution in [0.1, 0.15) is 20.3 Å². The van der Waals surface area contributed by atoms with Gasteiger partial charge in [0.2, 0.25) is 0 Å². The van der Waals surface area contributed by atoms with Crippen LogP contribution in [-0.2, 0) is 9.53 Å². The van der Waals surface area contributed by atoms with Gasteiger partial charge >= 0.3 is 5.97 Å². The third-order valence-electron chi connectivity index (χ3n) is 2.26. The van der Waals surface area contributed by atoms with E-state index in [0.29, 0.717) is 28.8 Å². The van der Waals surface area contributed by atoms with Gasteiger partial charge in [0.05, 0.1) is 22.3 Å². The molecule has 17 heavy (non-hydrogen) atoms. The molecule has 1 aromatic rings. The smallest absolute Gasteiger partial charge is 0.328 e. The molecule has 0 aliphatic rings. The lowest BCUT2D eigenvalue weighted by molar-refractivity contribution is -0.144. The summed E-state index contributed by atoms with van der Waals surface area (Å²) in [6, 6.07) is 4.83. The third kappa shape index (κ3) is 3.79. The zero-order valence-corrected chi connectivity index (χ0v) is 11.3. The number of halogens is 2. The number of anilines is 1. The Kier molecular flexibility index (Phi) is 5.59. The molecule has 5 heteroatoms. The van der Waals surface area contributed by atoms with Crippen molar-refractivity contribution in [1.29, 1.82) is 0 Å². The maximum absolute atomic E-state index is 11.6. The fraction of sp³-hybridized carbons (Fsp3) is 0.417. The van der Waals surface area contributed by atoms with Crippen LogP contribution in [0.15, 0.2) is 18.2 Å². The van der Waals surface area contributed by atoms with Crippen LogP contribution < -0.4 is 5.32 Å². The Balaban J connectivity index is 2.80. The topological polar surface area (TPSA) is 38.3 Å². The molecule has 3 nitrogen and oxygen atoms in total. The van der Waals surface area contributed by atoms with E-state index in [1.807, 2.05) is 6.92 Å². The van der Waals surface area contributed by atoms with Gasteiger partial charge in [-0.1, -0.05) is 36.2 Å². The van der Waals surface area contributed by atoms with Crippen LogP contribution in [0, 0.1) is 0 Å². The van der Waals surface area contributed by atoms with Crippen LogP contribution in [0.3, 0.4) is 0 Å². The van der Waals surface area contributed by atoms with Gasteiger partial charge < -0.3 is 10.1 Å². The van der Waals surface area contributed by atoms with Crippen molar-refractivity contribution in [3.05, 3.63) is 28.2 Å². The molecule has 1 N–H and O–H groups in total. The first kappa shape index (κ1) is 14.1. The maximum Gasteiger partial charge on any atom is 0.328 e. The molecule has 0 spiro atoms. The minimum Gasteiger partial charge on any atom is -0.464 e. The first-order chi connectivity index (χ1) is 8.10. The Hall–Kier alpha value is -0.930. The largest absolute Gasteiger partial charge is 0.464 e. The summed E-state index contributed by atoms with van der Waals surface area (Å²) in [7, 11) is 0. The Bertz CT molecular complexity index is 396.